The molecule has 60 valence electrons. The van der Waals surface area contributed by atoms with Crippen LogP contribution in [0.3, 0.4) is 0 Å². The average Bonchev–Trinajstić information content (AvgIpc) is 2.30. The predicted molar refractivity (Wildman–Crippen MR) is 38.7 cm³/mol. The predicted octanol–water partition coefficient (Wildman–Crippen LogP) is -1.28. The summed E-state index contributed by atoms with van der Waals surface area (Å²) in [7, 11) is 0. The molecule has 0 amide bonds. The molecule has 0 saturated heterocycles. The van der Waals surface area contributed by atoms with Crippen molar-refractivity contribution in [1.82, 2.24) is 10.9 Å². The Labute approximate surface area is 64.3 Å². The van der Waals surface area contributed by atoms with Gasteiger partial charge in [0, 0.05) is 25.1 Å². The van der Waals surface area contributed by atoms with Gasteiger partial charge in [0.25, 0.3) is 0 Å². The molecule has 1 atom stereocenters. The van der Waals surface area contributed by atoms with Crippen molar-refractivity contribution < 1.29 is 9.90 Å². The van der Waals surface area contributed by atoms with Gasteiger partial charge < -0.3 is 5.11 Å². The minimum absolute atomic E-state index is 0.0847. The number of carbonyl (C=O) groups excluding carboxylic acids is 1. The maximum Gasteiger partial charge on any atom is 0.163 e. The lowest BCUT2D eigenvalue weighted by atomic mass is 10.1. The quantitative estimate of drug-likeness (QED) is 0.407. The fraction of sp³-hybridized carbons (Fsp3) is 0.571. The molecular formula is C7H10N2O2. The molecule has 1 unspecified atom stereocenters. The molecule has 0 aromatic rings. The molecule has 0 fully saturated rings. The maximum absolute atomic E-state index is 11.1. The Morgan fingerprint density at radius 1 is 1.36 bits per heavy atom. The Balaban J connectivity index is 2.32. The van der Waals surface area contributed by atoms with Crippen molar-refractivity contribution >= 4 is 5.78 Å². The van der Waals surface area contributed by atoms with Crippen LogP contribution in [0.1, 0.15) is 6.42 Å². The van der Waals surface area contributed by atoms with E-state index in [1.54, 1.807) is 0 Å². The number of hydrogen-bond acceptors (Lipinski definition) is 4. The fourth-order valence-corrected chi connectivity index (χ4v) is 1.55. The van der Waals surface area contributed by atoms with Crippen LogP contribution >= 0.6 is 0 Å². The lowest BCUT2D eigenvalue weighted by Gasteiger charge is -2.17. The highest BCUT2D eigenvalue weighted by Crippen LogP contribution is 2.23. The number of carbonyl (C=O) groups is 1. The third-order valence-electron chi connectivity index (χ3n) is 2.17. The van der Waals surface area contributed by atoms with E-state index < -0.39 is 6.10 Å². The Morgan fingerprint density at radius 3 is 2.82 bits per heavy atom. The summed E-state index contributed by atoms with van der Waals surface area (Å²) in [4.78, 5) is 11.1. The van der Waals surface area contributed by atoms with Gasteiger partial charge in [-0.1, -0.05) is 0 Å². The van der Waals surface area contributed by atoms with E-state index in [2.05, 4.69) is 10.9 Å². The van der Waals surface area contributed by atoms with E-state index in [1.807, 2.05) is 0 Å². The van der Waals surface area contributed by atoms with Crippen LogP contribution in [-0.4, -0.2) is 30.1 Å². The first-order chi connectivity index (χ1) is 5.29. The number of Topliss-reactive ketones (excluding diaryl/α,β-unsaturated/α-hetero) is 1. The van der Waals surface area contributed by atoms with Crippen molar-refractivity contribution in [2.45, 2.75) is 12.5 Å². The number of hydrogen-bond donors (Lipinski definition) is 3. The zero-order valence-corrected chi connectivity index (χ0v) is 6.05. The minimum Gasteiger partial charge on any atom is -0.388 e. The second kappa shape index (κ2) is 2.41. The second-order valence-electron chi connectivity index (χ2n) is 2.85. The van der Waals surface area contributed by atoms with Crippen LogP contribution < -0.4 is 10.9 Å². The third kappa shape index (κ3) is 0.994. The number of ketones is 1. The lowest BCUT2D eigenvalue weighted by molar-refractivity contribution is -0.115. The number of aliphatic hydroxyl groups is 1. The Bertz CT molecular complexity index is 235. The Morgan fingerprint density at radius 2 is 2.09 bits per heavy atom. The first-order valence-electron chi connectivity index (χ1n) is 3.68. The number of hydrazine groups is 1. The molecule has 2 rings (SSSR count). The number of nitrogens with one attached hydrogen (secondary N) is 2. The van der Waals surface area contributed by atoms with Gasteiger partial charge >= 0.3 is 0 Å². The zero-order chi connectivity index (χ0) is 7.84. The lowest BCUT2D eigenvalue weighted by Crippen LogP contribution is -2.41. The van der Waals surface area contributed by atoms with Gasteiger partial charge in [0.1, 0.15) is 0 Å². The number of rotatable bonds is 0. The average molecular weight is 154 g/mol. The van der Waals surface area contributed by atoms with Crippen molar-refractivity contribution in [2.75, 3.05) is 13.1 Å². The van der Waals surface area contributed by atoms with E-state index in [4.69, 9.17) is 0 Å². The molecule has 4 heteroatoms. The Kier molecular flexibility index (Phi) is 1.52. The van der Waals surface area contributed by atoms with Gasteiger partial charge in [-0.2, -0.15) is 0 Å². The van der Waals surface area contributed by atoms with Gasteiger partial charge in [0.05, 0.1) is 6.10 Å². The van der Waals surface area contributed by atoms with E-state index in [-0.39, 0.29) is 12.2 Å². The van der Waals surface area contributed by atoms with Crippen LogP contribution in [0.25, 0.3) is 0 Å². The highest BCUT2D eigenvalue weighted by Gasteiger charge is 2.31. The first kappa shape index (κ1) is 6.97. The summed E-state index contributed by atoms with van der Waals surface area (Å²) in [6.07, 6.45) is -0.263. The largest absolute Gasteiger partial charge is 0.388 e. The van der Waals surface area contributed by atoms with Gasteiger partial charge in [0.2, 0.25) is 0 Å². The molecule has 0 radical (unpaired) electrons. The summed E-state index contributed by atoms with van der Waals surface area (Å²) in [6.45, 7) is 1.13. The number of aliphatic hydroxyl groups excluding tert-OH is 1. The molecule has 1 aliphatic carbocycles. The van der Waals surface area contributed by atoms with Crippen molar-refractivity contribution in [3.63, 3.8) is 0 Å². The highest BCUT2D eigenvalue weighted by atomic mass is 16.3. The topological polar surface area (TPSA) is 61.4 Å². The van der Waals surface area contributed by atoms with Gasteiger partial charge in [-0.15, -0.1) is 0 Å². The highest BCUT2D eigenvalue weighted by molar-refractivity contribution is 6.00. The van der Waals surface area contributed by atoms with Crippen molar-refractivity contribution in [3.05, 3.63) is 11.1 Å². The van der Waals surface area contributed by atoms with Crippen LogP contribution in [0.15, 0.2) is 11.1 Å². The minimum atomic E-state index is -0.535. The standard InChI is InChI=1S/C7H10N2O2/c10-6-1-7(11)5-3-9-8-2-4(5)6/h6,8-10H,1-3H2. The zero-order valence-electron chi connectivity index (χ0n) is 6.05. The molecule has 4 nitrogen and oxygen atoms in total. The summed E-state index contributed by atoms with van der Waals surface area (Å²) in [5, 5.41) is 9.35. The summed E-state index contributed by atoms with van der Waals surface area (Å²) >= 11 is 0. The van der Waals surface area contributed by atoms with Crippen molar-refractivity contribution in [1.29, 1.82) is 0 Å². The third-order valence-corrected chi connectivity index (χ3v) is 2.17. The van der Waals surface area contributed by atoms with Gasteiger partial charge in [-0.05, 0) is 5.57 Å². The molecule has 1 heterocycles. The molecule has 0 aromatic heterocycles. The van der Waals surface area contributed by atoms with Crippen molar-refractivity contribution in [2.24, 2.45) is 0 Å². The molecule has 0 saturated carbocycles. The fourth-order valence-electron chi connectivity index (χ4n) is 1.55. The summed E-state index contributed by atoms with van der Waals surface area (Å²) in [5.41, 5.74) is 7.40. The van der Waals surface area contributed by atoms with Crippen LogP contribution in [0.4, 0.5) is 0 Å². The first-order valence-corrected chi connectivity index (χ1v) is 3.68. The van der Waals surface area contributed by atoms with E-state index in [0.717, 1.165) is 11.1 Å². The SMILES string of the molecule is O=C1CC(O)C2=C1CNNC2. The molecule has 2 aliphatic rings. The van der Waals surface area contributed by atoms with Crippen LogP contribution in [0.5, 0.6) is 0 Å². The van der Waals surface area contributed by atoms with E-state index >= 15 is 0 Å². The van der Waals surface area contributed by atoms with Crippen LogP contribution in [-0.2, 0) is 4.79 Å². The normalized spacial score (nSPS) is 31.0. The molecule has 0 aromatic carbocycles. The van der Waals surface area contributed by atoms with E-state index in [9.17, 15) is 9.90 Å². The van der Waals surface area contributed by atoms with Crippen LogP contribution in [0, 0.1) is 0 Å². The van der Waals surface area contributed by atoms with Crippen LogP contribution in [0.2, 0.25) is 0 Å². The van der Waals surface area contributed by atoms with E-state index in [1.165, 1.54) is 0 Å². The molecular weight excluding hydrogens is 144 g/mol. The van der Waals surface area contributed by atoms with Gasteiger partial charge in [0.15, 0.2) is 5.78 Å². The molecule has 1 aliphatic heterocycles. The van der Waals surface area contributed by atoms with Gasteiger partial charge in [-0.3, -0.25) is 15.6 Å². The van der Waals surface area contributed by atoms with Crippen molar-refractivity contribution in [3.8, 4) is 0 Å². The second-order valence-corrected chi connectivity index (χ2v) is 2.85. The summed E-state index contributed by atoms with van der Waals surface area (Å²) in [6, 6.07) is 0. The Hall–Kier alpha value is -0.710. The maximum atomic E-state index is 11.1. The molecule has 0 bridgehead atoms. The monoisotopic (exact) mass is 154 g/mol. The van der Waals surface area contributed by atoms with Gasteiger partial charge in [-0.25, -0.2) is 0 Å². The smallest absolute Gasteiger partial charge is 0.163 e. The molecule has 0 spiro atoms. The summed E-state index contributed by atoms with van der Waals surface area (Å²) in [5.74, 6) is 0.0847. The van der Waals surface area contributed by atoms with E-state index in [0.29, 0.717) is 13.1 Å². The molecule has 3 N–H and O–H groups in total. The summed E-state index contributed by atoms with van der Waals surface area (Å²) < 4.78 is 0. The molecule has 11 heavy (non-hydrogen) atoms.